The van der Waals surface area contributed by atoms with Gasteiger partial charge in [-0.15, -0.1) is 0 Å². The van der Waals surface area contributed by atoms with Crippen LogP contribution in [0.3, 0.4) is 0 Å². The van der Waals surface area contributed by atoms with Gasteiger partial charge in [-0.1, -0.05) is 43.4 Å². The van der Waals surface area contributed by atoms with Gasteiger partial charge < -0.3 is 4.74 Å². The Morgan fingerprint density at radius 1 is 0.853 bits per heavy atom. The van der Waals surface area contributed by atoms with Crippen LogP contribution in [0.1, 0.15) is 42.3 Å². The standard InChI is InChI=1S/C28H23F3N2O/c1-2-3-14-34-23-17-32-27(33-18-23)13-7-20-5-9-21(26(30)16-20)8-4-19-6-11-24-22(15-19)10-12-25(29)28(24)31/h5-6,9-12,15-18H,2-3,7,13-14H2,1H3. The number of rotatable bonds is 7. The van der Waals surface area contributed by atoms with Crippen molar-refractivity contribution < 1.29 is 17.9 Å². The third-order valence-corrected chi connectivity index (χ3v) is 5.37. The molecule has 172 valence electrons. The van der Waals surface area contributed by atoms with Crippen molar-refractivity contribution in [3.63, 3.8) is 0 Å². The van der Waals surface area contributed by atoms with Gasteiger partial charge in [-0.2, -0.15) is 0 Å². The molecule has 0 saturated carbocycles. The van der Waals surface area contributed by atoms with Gasteiger partial charge in [0.2, 0.25) is 0 Å². The molecule has 4 aromatic rings. The maximum absolute atomic E-state index is 14.6. The Balaban J connectivity index is 1.40. The minimum absolute atomic E-state index is 0.184. The number of hydrogen-bond acceptors (Lipinski definition) is 3. The van der Waals surface area contributed by atoms with Crippen molar-refractivity contribution in [3.05, 3.63) is 101 Å². The Bertz CT molecular complexity index is 1360. The summed E-state index contributed by atoms with van der Waals surface area (Å²) in [5.41, 5.74) is 1.67. The lowest BCUT2D eigenvalue weighted by molar-refractivity contribution is 0.306. The van der Waals surface area contributed by atoms with Gasteiger partial charge in [0.05, 0.1) is 24.6 Å². The number of fused-ring (bicyclic) bond motifs is 1. The van der Waals surface area contributed by atoms with E-state index in [-0.39, 0.29) is 10.9 Å². The van der Waals surface area contributed by atoms with Crippen LogP contribution in [0, 0.1) is 29.3 Å². The summed E-state index contributed by atoms with van der Waals surface area (Å²) >= 11 is 0. The molecule has 0 spiro atoms. The quantitative estimate of drug-likeness (QED) is 0.236. The number of aryl methyl sites for hydroxylation is 2. The second-order valence-corrected chi connectivity index (χ2v) is 7.90. The summed E-state index contributed by atoms with van der Waals surface area (Å²) in [7, 11) is 0. The molecule has 0 atom stereocenters. The maximum Gasteiger partial charge on any atom is 0.166 e. The fraction of sp³-hybridized carbons (Fsp3) is 0.214. The van der Waals surface area contributed by atoms with E-state index in [9.17, 15) is 13.2 Å². The normalized spacial score (nSPS) is 10.7. The highest BCUT2D eigenvalue weighted by Gasteiger charge is 2.07. The average molecular weight is 460 g/mol. The lowest BCUT2D eigenvalue weighted by Gasteiger charge is -2.06. The first-order valence-electron chi connectivity index (χ1n) is 11.2. The average Bonchev–Trinajstić information content (AvgIpc) is 2.85. The molecular weight excluding hydrogens is 437 g/mol. The minimum Gasteiger partial charge on any atom is -0.490 e. The van der Waals surface area contributed by atoms with Crippen LogP contribution in [0.5, 0.6) is 5.75 Å². The maximum atomic E-state index is 14.6. The van der Waals surface area contributed by atoms with Gasteiger partial charge in [0.25, 0.3) is 0 Å². The van der Waals surface area contributed by atoms with Crippen molar-refractivity contribution in [2.75, 3.05) is 6.61 Å². The number of aromatic nitrogens is 2. The van der Waals surface area contributed by atoms with E-state index in [0.717, 1.165) is 24.5 Å². The predicted molar refractivity (Wildman–Crippen MR) is 126 cm³/mol. The van der Waals surface area contributed by atoms with E-state index in [1.165, 1.54) is 18.2 Å². The van der Waals surface area contributed by atoms with Gasteiger partial charge in [-0.3, -0.25) is 0 Å². The SMILES string of the molecule is CCCCOc1cnc(CCc2ccc(C#Cc3ccc4c(F)c(F)ccc4c3)c(F)c2)nc1. The first kappa shape index (κ1) is 23.3. The first-order valence-corrected chi connectivity index (χ1v) is 11.2. The molecule has 1 heterocycles. The second-order valence-electron chi connectivity index (χ2n) is 7.90. The zero-order valence-corrected chi connectivity index (χ0v) is 18.7. The van der Waals surface area contributed by atoms with Gasteiger partial charge in [-0.25, -0.2) is 23.1 Å². The zero-order valence-electron chi connectivity index (χ0n) is 18.7. The number of benzene rings is 3. The molecule has 0 amide bonds. The molecule has 0 N–H and O–H groups in total. The number of hydrogen-bond donors (Lipinski definition) is 0. The van der Waals surface area contributed by atoms with Gasteiger partial charge in [0.1, 0.15) is 11.6 Å². The molecule has 3 nitrogen and oxygen atoms in total. The van der Waals surface area contributed by atoms with Crippen molar-refractivity contribution in [1.29, 1.82) is 0 Å². The molecule has 0 aliphatic carbocycles. The molecular formula is C28H23F3N2O. The molecule has 0 bridgehead atoms. The van der Waals surface area contributed by atoms with Crippen molar-refractivity contribution in [3.8, 4) is 17.6 Å². The van der Waals surface area contributed by atoms with E-state index >= 15 is 0 Å². The summed E-state index contributed by atoms with van der Waals surface area (Å²) in [6.45, 7) is 2.75. The van der Waals surface area contributed by atoms with Crippen LogP contribution in [-0.2, 0) is 12.8 Å². The highest BCUT2D eigenvalue weighted by molar-refractivity contribution is 5.84. The van der Waals surface area contributed by atoms with Crippen molar-refractivity contribution >= 4 is 10.8 Å². The molecule has 1 aromatic heterocycles. The fourth-order valence-electron chi connectivity index (χ4n) is 3.44. The van der Waals surface area contributed by atoms with E-state index in [1.807, 2.05) is 6.07 Å². The number of nitrogens with zero attached hydrogens (tertiary/aromatic N) is 2. The molecule has 0 radical (unpaired) electrons. The number of ether oxygens (including phenoxy) is 1. The summed E-state index contributed by atoms with van der Waals surface area (Å²) in [6.07, 6.45) is 6.54. The molecule has 3 aromatic carbocycles. The molecule has 6 heteroatoms. The topological polar surface area (TPSA) is 35.0 Å². The van der Waals surface area contributed by atoms with Crippen molar-refractivity contribution in [2.45, 2.75) is 32.6 Å². The van der Waals surface area contributed by atoms with E-state index in [4.69, 9.17) is 4.74 Å². The predicted octanol–water partition coefficient (Wildman–Crippen LogP) is 6.41. The summed E-state index contributed by atoms with van der Waals surface area (Å²) in [4.78, 5) is 8.62. The third-order valence-electron chi connectivity index (χ3n) is 5.37. The second kappa shape index (κ2) is 10.8. The Morgan fingerprint density at radius 3 is 2.44 bits per heavy atom. The monoisotopic (exact) mass is 460 g/mol. The number of halogens is 3. The zero-order chi connectivity index (χ0) is 23.9. The van der Waals surface area contributed by atoms with Crippen LogP contribution >= 0.6 is 0 Å². The smallest absolute Gasteiger partial charge is 0.166 e. The first-order chi connectivity index (χ1) is 16.5. The van der Waals surface area contributed by atoms with E-state index < -0.39 is 17.5 Å². The van der Waals surface area contributed by atoms with Gasteiger partial charge in [0, 0.05) is 17.4 Å². The summed E-state index contributed by atoms with van der Waals surface area (Å²) in [5.74, 6) is 4.82. The highest BCUT2D eigenvalue weighted by Crippen LogP contribution is 2.21. The Hall–Kier alpha value is -3.85. The summed E-state index contributed by atoms with van der Waals surface area (Å²) < 4.78 is 47.3. The molecule has 0 saturated heterocycles. The van der Waals surface area contributed by atoms with Gasteiger partial charge in [-0.05, 0) is 54.1 Å². The van der Waals surface area contributed by atoms with E-state index in [1.54, 1.807) is 30.6 Å². The van der Waals surface area contributed by atoms with Crippen molar-refractivity contribution in [1.82, 2.24) is 9.97 Å². The van der Waals surface area contributed by atoms with Gasteiger partial charge >= 0.3 is 0 Å². The van der Waals surface area contributed by atoms with Crippen LogP contribution in [-0.4, -0.2) is 16.6 Å². The molecule has 0 aliphatic heterocycles. The van der Waals surface area contributed by atoms with Gasteiger partial charge in [0.15, 0.2) is 17.4 Å². The van der Waals surface area contributed by atoms with Crippen LogP contribution in [0.25, 0.3) is 10.8 Å². The minimum atomic E-state index is -0.895. The lowest BCUT2D eigenvalue weighted by Crippen LogP contribution is -2.01. The molecule has 34 heavy (non-hydrogen) atoms. The fourth-order valence-corrected chi connectivity index (χ4v) is 3.44. The molecule has 0 aliphatic rings. The van der Waals surface area contributed by atoms with Crippen LogP contribution in [0.2, 0.25) is 0 Å². The van der Waals surface area contributed by atoms with Crippen LogP contribution in [0.15, 0.2) is 60.9 Å². The third kappa shape index (κ3) is 5.74. The van der Waals surface area contributed by atoms with Crippen LogP contribution in [0.4, 0.5) is 13.2 Å². The number of unbranched alkanes of at least 4 members (excludes halogenated alkanes) is 1. The Morgan fingerprint density at radius 2 is 1.68 bits per heavy atom. The van der Waals surface area contributed by atoms with Crippen LogP contribution < -0.4 is 4.74 Å². The lowest BCUT2D eigenvalue weighted by atomic mass is 10.0. The largest absolute Gasteiger partial charge is 0.490 e. The molecule has 0 unspecified atom stereocenters. The highest BCUT2D eigenvalue weighted by atomic mass is 19.2. The summed E-state index contributed by atoms with van der Waals surface area (Å²) in [6, 6.07) is 12.2. The molecule has 0 fully saturated rings. The molecule has 4 rings (SSSR count). The van der Waals surface area contributed by atoms with E-state index in [2.05, 4.69) is 28.7 Å². The van der Waals surface area contributed by atoms with Crippen molar-refractivity contribution in [2.24, 2.45) is 0 Å². The summed E-state index contributed by atoms with van der Waals surface area (Å²) in [5, 5.41) is 0.716. The van der Waals surface area contributed by atoms with E-state index in [0.29, 0.717) is 42.0 Å². The Kier molecular flexibility index (Phi) is 7.44. The Labute approximate surface area is 196 Å².